The van der Waals surface area contributed by atoms with Crippen molar-refractivity contribution in [2.75, 3.05) is 14.1 Å². The van der Waals surface area contributed by atoms with E-state index in [2.05, 4.69) is 53.6 Å². The quantitative estimate of drug-likeness (QED) is 0.670. The molecule has 0 saturated heterocycles. The minimum absolute atomic E-state index is 0.0224. The van der Waals surface area contributed by atoms with E-state index in [9.17, 15) is 0 Å². The lowest BCUT2D eigenvalue weighted by Gasteiger charge is -2.29. The van der Waals surface area contributed by atoms with Crippen LogP contribution in [0.4, 0.5) is 0 Å². The second-order valence-corrected chi connectivity index (χ2v) is 5.09. The summed E-state index contributed by atoms with van der Waals surface area (Å²) in [6.07, 6.45) is 1.42. The van der Waals surface area contributed by atoms with Crippen molar-refractivity contribution in [3.05, 3.63) is 0 Å². The Morgan fingerprint density at radius 3 is 1.92 bits per heavy atom. The van der Waals surface area contributed by atoms with Gasteiger partial charge in [0, 0.05) is 6.04 Å². The molecule has 0 aromatic heterocycles. The Morgan fingerprint density at radius 2 is 1.62 bits per heavy atom. The van der Waals surface area contributed by atoms with Crippen molar-refractivity contribution in [1.29, 1.82) is 0 Å². The van der Waals surface area contributed by atoms with Crippen LogP contribution in [-0.4, -0.2) is 36.7 Å². The molecular weight excluding hydrogens is 162 g/mol. The van der Waals surface area contributed by atoms with Crippen molar-refractivity contribution >= 4 is 0 Å². The average molecular weight is 187 g/mol. The van der Waals surface area contributed by atoms with Crippen LogP contribution in [0.1, 0.15) is 41.0 Å². The third kappa shape index (κ3) is 7.03. The topological polar surface area (TPSA) is 12.5 Å². The van der Waals surface area contributed by atoms with Gasteiger partial charge >= 0.3 is 0 Å². The van der Waals surface area contributed by atoms with Crippen molar-refractivity contribution in [2.45, 2.75) is 58.8 Å². The van der Waals surface area contributed by atoms with Gasteiger partial charge in [-0.2, -0.15) is 0 Å². The van der Waals surface area contributed by atoms with Crippen LogP contribution < -0.4 is 0 Å². The van der Waals surface area contributed by atoms with Gasteiger partial charge in [0.25, 0.3) is 0 Å². The van der Waals surface area contributed by atoms with Gasteiger partial charge in [-0.3, -0.25) is 0 Å². The molecule has 0 amide bonds. The molecule has 0 radical (unpaired) electrons. The van der Waals surface area contributed by atoms with Crippen LogP contribution >= 0.6 is 0 Å². The van der Waals surface area contributed by atoms with Gasteiger partial charge in [-0.25, -0.2) is 0 Å². The van der Waals surface area contributed by atoms with Gasteiger partial charge in [0.1, 0.15) is 0 Å². The zero-order valence-corrected chi connectivity index (χ0v) is 10.2. The summed E-state index contributed by atoms with van der Waals surface area (Å²) in [5.74, 6) is 0. The fraction of sp³-hybridized carbons (Fsp3) is 1.00. The largest absolute Gasteiger partial charge is 0.373 e. The Labute approximate surface area is 83.3 Å². The molecule has 0 fully saturated rings. The lowest BCUT2D eigenvalue weighted by molar-refractivity contribution is -0.0605. The first-order valence-corrected chi connectivity index (χ1v) is 5.06. The lowest BCUT2D eigenvalue weighted by Crippen LogP contribution is -2.32. The van der Waals surface area contributed by atoms with E-state index in [1.54, 1.807) is 0 Å². The van der Waals surface area contributed by atoms with Crippen molar-refractivity contribution in [3.63, 3.8) is 0 Å². The molecule has 0 aromatic carbocycles. The minimum atomic E-state index is -0.0224. The highest BCUT2D eigenvalue weighted by Gasteiger charge is 2.17. The Balaban J connectivity index is 3.81. The smallest absolute Gasteiger partial charge is 0.0602 e. The summed E-state index contributed by atoms with van der Waals surface area (Å²) in [4.78, 5) is 2.22. The molecule has 2 atom stereocenters. The predicted molar refractivity (Wildman–Crippen MR) is 58.1 cm³/mol. The molecule has 80 valence electrons. The number of hydrogen-bond acceptors (Lipinski definition) is 2. The Kier molecular flexibility index (Phi) is 4.93. The second kappa shape index (κ2) is 4.97. The maximum Gasteiger partial charge on any atom is 0.0602 e. The first-order valence-electron chi connectivity index (χ1n) is 5.06. The van der Waals surface area contributed by atoms with E-state index >= 15 is 0 Å². The third-order valence-electron chi connectivity index (χ3n) is 2.11. The summed E-state index contributed by atoms with van der Waals surface area (Å²) < 4.78 is 5.83. The first-order chi connectivity index (χ1) is 5.72. The van der Waals surface area contributed by atoms with Gasteiger partial charge < -0.3 is 9.64 Å². The van der Waals surface area contributed by atoms with E-state index in [0.29, 0.717) is 12.1 Å². The SMILES string of the molecule is CC(CC(C)N(C)C)OC(C)(C)C. The van der Waals surface area contributed by atoms with Crippen molar-refractivity contribution in [1.82, 2.24) is 4.90 Å². The van der Waals surface area contributed by atoms with E-state index in [4.69, 9.17) is 4.74 Å². The number of rotatable bonds is 4. The van der Waals surface area contributed by atoms with Crippen LogP contribution in [0.15, 0.2) is 0 Å². The van der Waals surface area contributed by atoms with Gasteiger partial charge in [0.2, 0.25) is 0 Å². The molecule has 0 aromatic rings. The van der Waals surface area contributed by atoms with Crippen LogP contribution in [0, 0.1) is 0 Å². The zero-order valence-electron chi connectivity index (χ0n) is 10.2. The maximum absolute atomic E-state index is 5.83. The molecule has 2 heteroatoms. The van der Waals surface area contributed by atoms with Crippen molar-refractivity contribution in [2.24, 2.45) is 0 Å². The molecule has 2 unspecified atom stereocenters. The number of hydrogen-bond donors (Lipinski definition) is 0. The van der Waals surface area contributed by atoms with Gasteiger partial charge in [0.05, 0.1) is 11.7 Å². The monoisotopic (exact) mass is 187 g/mol. The van der Waals surface area contributed by atoms with Gasteiger partial charge in [0.15, 0.2) is 0 Å². The highest BCUT2D eigenvalue weighted by Crippen LogP contribution is 2.15. The normalized spacial score (nSPS) is 17.5. The van der Waals surface area contributed by atoms with Crippen LogP contribution in [0.25, 0.3) is 0 Å². The van der Waals surface area contributed by atoms with E-state index in [-0.39, 0.29) is 5.60 Å². The Hall–Kier alpha value is -0.0800. The molecule has 0 aliphatic rings. The first kappa shape index (κ1) is 12.9. The summed E-state index contributed by atoms with van der Waals surface area (Å²) in [7, 11) is 4.21. The van der Waals surface area contributed by atoms with Gasteiger partial charge in [-0.15, -0.1) is 0 Å². The van der Waals surface area contributed by atoms with Crippen LogP contribution in [0.2, 0.25) is 0 Å². The highest BCUT2D eigenvalue weighted by atomic mass is 16.5. The molecule has 0 bridgehead atoms. The molecule has 0 N–H and O–H groups in total. The number of nitrogens with zero attached hydrogens (tertiary/aromatic N) is 1. The molecule has 0 aliphatic heterocycles. The molecule has 0 spiro atoms. The van der Waals surface area contributed by atoms with Crippen LogP contribution in [0.5, 0.6) is 0 Å². The van der Waals surface area contributed by atoms with Gasteiger partial charge in [-0.05, 0) is 55.1 Å². The van der Waals surface area contributed by atoms with Crippen molar-refractivity contribution in [3.8, 4) is 0 Å². The van der Waals surface area contributed by atoms with Crippen molar-refractivity contribution < 1.29 is 4.74 Å². The minimum Gasteiger partial charge on any atom is -0.373 e. The summed E-state index contributed by atoms with van der Waals surface area (Å²) in [5, 5.41) is 0. The predicted octanol–water partition coefficient (Wildman–Crippen LogP) is 2.53. The van der Waals surface area contributed by atoms with Crippen LogP contribution in [-0.2, 0) is 4.74 Å². The van der Waals surface area contributed by atoms with E-state index in [1.807, 2.05) is 0 Å². The van der Waals surface area contributed by atoms with Crippen LogP contribution in [0.3, 0.4) is 0 Å². The highest BCUT2D eigenvalue weighted by molar-refractivity contribution is 4.68. The fourth-order valence-corrected chi connectivity index (χ4v) is 1.34. The van der Waals surface area contributed by atoms with Gasteiger partial charge in [-0.1, -0.05) is 0 Å². The molecule has 0 aliphatic carbocycles. The molecule has 0 saturated carbocycles. The summed E-state index contributed by atoms with van der Waals surface area (Å²) in [6.45, 7) is 10.7. The summed E-state index contributed by atoms with van der Waals surface area (Å²) in [5.41, 5.74) is -0.0224. The Morgan fingerprint density at radius 1 is 1.15 bits per heavy atom. The average Bonchev–Trinajstić information content (AvgIpc) is 1.81. The molecule has 0 heterocycles. The lowest BCUT2D eigenvalue weighted by atomic mass is 10.1. The molecule has 13 heavy (non-hydrogen) atoms. The van der Waals surface area contributed by atoms with E-state index in [0.717, 1.165) is 6.42 Å². The molecule has 0 rings (SSSR count). The molecule has 2 nitrogen and oxygen atoms in total. The summed E-state index contributed by atoms with van der Waals surface area (Å²) in [6, 6.07) is 0.581. The second-order valence-electron chi connectivity index (χ2n) is 5.09. The molecular formula is C11H25NO. The fourth-order valence-electron chi connectivity index (χ4n) is 1.34. The maximum atomic E-state index is 5.83. The Bertz CT molecular complexity index is 138. The number of ether oxygens (including phenoxy) is 1. The van der Waals surface area contributed by atoms with E-state index in [1.165, 1.54) is 0 Å². The zero-order chi connectivity index (χ0) is 10.6. The standard InChI is InChI=1S/C11H25NO/c1-9(12(6)7)8-10(2)13-11(3,4)5/h9-10H,8H2,1-7H3. The summed E-state index contributed by atoms with van der Waals surface area (Å²) >= 11 is 0. The van der Waals surface area contributed by atoms with E-state index < -0.39 is 0 Å². The third-order valence-corrected chi connectivity index (χ3v) is 2.11.